The van der Waals surface area contributed by atoms with Crippen molar-refractivity contribution in [2.45, 2.75) is 110 Å². The molecule has 0 amide bonds. The van der Waals surface area contributed by atoms with Crippen molar-refractivity contribution in [3.05, 3.63) is 47.5 Å². The fourth-order valence-electron chi connectivity index (χ4n) is 11.1. The van der Waals surface area contributed by atoms with Crippen molar-refractivity contribution in [1.82, 2.24) is 0 Å². The summed E-state index contributed by atoms with van der Waals surface area (Å²) in [7, 11) is 0. The third kappa shape index (κ3) is 3.85. The molecule has 3 unspecified atom stereocenters. The SMILES string of the molecule is C[C@@H]1CCC2(C(=O)OCc3ccccc3)CC[C@]3(C)C(=CC[C@@H]4[C@@]5(C)CCC(=O)C(C)(C)[C@@H]5CC[C@]43C)C2C1I. The zero-order chi connectivity index (χ0) is 28.7. The molecule has 1 aromatic carbocycles. The van der Waals surface area contributed by atoms with E-state index < -0.39 is 5.41 Å². The molecule has 0 N–H and O–H groups in total. The van der Waals surface area contributed by atoms with E-state index in [0.717, 1.165) is 56.9 Å². The molecule has 1 aromatic rings. The summed E-state index contributed by atoms with van der Waals surface area (Å²) in [5, 5.41) is 0. The Morgan fingerprint density at radius 2 is 1.68 bits per heavy atom. The molecule has 5 aliphatic carbocycles. The number of carbonyl (C=O) groups excluding carboxylic acids is 2. The number of rotatable bonds is 3. The number of carbonyl (C=O) groups is 2. The highest BCUT2D eigenvalue weighted by atomic mass is 127. The minimum atomic E-state index is -0.415. The molecule has 0 saturated heterocycles. The van der Waals surface area contributed by atoms with Gasteiger partial charge in [0.15, 0.2) is 0 Å². The van der Waals surface area contributed by atoms with Gasteiger partial charge in [-0.05, 0) is 90.9 Å². The van der Waals surface area contributed by atoms with Crippen LogP contribution in [0.4, 0.5) is 0 Å². The normalized spacial score (nSPS) is 45.7. The number of ketones is 1. The first-order valence-corrected chi connectivity index (χ1v) is 17.1. The number of hydrogen-bond donors (Lipinski definition) is 0. The number of alkyl halides is 1. The van der Waals surface area contributed by atoms with Gasteiger partial charge < -0.3 is 4.74 Å². The fourth-order valence-corrected chi connectivity index (χ4v) is 12.5. The second-order valence-electron chi connectivity index (χ2n) is 15.6. The lowest BCUT2D eigenvalue weighted by atomic mass is 9.34. The summed E-state index contributed by atoms with van der Waals surface area (Å²) in [5.41, 5.74) is 2.43. The molecule has 6 rings (SSSR count). The molecule has 0 radical (unpaired) electrons. The highest BCUT2D eigenvalue weighted by Crippen LogP contribution is 2.75. The molecule has 40 heavy (non-hydrogen) atoms. The van der Waals surface area contributed by atoms with Crippen molar-refractivity contribution >= 4 is 34.3 Å². The fraction of sp³-hybridized carbons (Fsp3) is 0.722. The molecule has 4 saturated carbocycles. The molecule has 218 valence electrons. The first kappa shape index (κ1) is 28.9. The molecular weight excluding hydrogens is 607 g/mol. The second kappa shape index (κ2) is 9.67. The zero-order valence-electron chi connectivity index (χ0n) is 25.5. The van der Waals surface area contributed by atoms with E-state index in [9.17, 15) is 9.59 Å². The van der Waals surface area contributed by atoms with Crippen LogP contribution in [-0.2, 0) is 20.9 Å². The van der Waals surface area contributed by atoms with Crippen molar-refractivity contribution in [3.8, 4) is 0 Å². The maximum Gasteiger partial charge on any atom is 0.313 e. The van der Waals surface area contributed by atoms with Crippen LogP contribution in [0.15, 0.2) is 42.0 Å². The third-order valence-electron chi connectivity index (χ3n) is 13.8. The summed E-state index contributed by atoms with van der Waals surface area (Å²) in [6, 6.07) is 10.1. The van der Waals surface area contributed by atoms with Crippen LogP contribution >= 0.6 is 22.6 Å². The number of fused-ring (bicyclic) bond motifs is 7. The Morgan fingerprint density at radius 1 is 0.950 bits per heavy atom. The number of esters is 1. The number of allylic oxidation sites excluding steroid dienone is 2. The quantitative estimate of drug-likeness (QED) is 0.141. The van der Waals surface area contributed by atoms with Crippen molar-refractivity contribution in [1.29, 1.82) is 0 Å². The Hall–Kier alpha value is -1.17. The van der Waals surface area contributed by atoms with Crippen LogP contribution < -0.4 is 0 Å². The number of halogens is 1. The monoisotopic (exact) mass is 656 g/mol. The van der Waals surface area contributed by atoms with Crippen molar-refractivity contribution in [2.24, 2.45) is 50.7 Å². The maximum atomic E-state index is 14.2. The lowest BCUT2D eigenvalue weighted by molar-refractivity contribution is -0.189. The predicted molar refractivity (Wildman–Crippen MR) is 169 cm³/mol. The summed E-state index contributed by atoms with van der Waals surface area (Å²) >= 11 is 2.70. The van der Waals surface area contributed by atoms with E-state index in [1.807, 2.05) is 30.3 Å². The largest absolute Gasteiger partial charge is 0.460 e. The van der Waals surface area contributed by atoms with E-state index in [4.69, 9.17) is 4.74 Å². The summed E-state index contributed by atoms with van der Waals surface area (Å²) in [4.78, 5) is 27.2. The molecule has 0 bridgehead atoms. The predicted octanol–water partition coefficient (Wildman–Crippen LogP) is 9.12. The van der Waals surface area contributed by atoms with Crippen molar-refractivity contribution in [2.75, 3.05) is 0 Å². The van der Waals surface area contributed by atoms with Crippen molar-refractivity contribution in [3.63, 3.8) is 0 Å². The summed E-state index contributed by atoms with van der Waals surface area (Å²) in [5.74, 6) is 2.37. The molecule has 5 aliphatic rings. The first-order valence-electron chi connectivity index (χ1n) is 15.9. The molecular formula is C36H49IO3. The van der Waals surface area contributed by atoms with Crippen LogP contribution in [0, 0.1) is 50.7 Å². The Balaban J connectivity index is 1.38. The summed E-state index contributed by atoms with van der Waals surface area (Å²) in [6.45, 7) is 14.9. The maximum absolute atomic E-state index is 14.2. The summed E-state index contributed by atoms with van der Waals surface area (Å²) < 4.78 is 6.60. The average molecular weight is 657 g/mol. The van der Waals surface area contributed by atoms with Gasteiger partial charge in [0.05, 0.1) is 5.41 Å². The van der Waals surface area contributed by atoms with Gasteiger partial charge in [0.25, 0.3) is 0 Å². The second-order valence-corrected chi connectivity index (χ2v) is 17.0. The van der Waals surface area contributed by atoms with Crippen LogP contribution in [0.25, 0.3) is 0 Å². The summed E-state index contributed by atoms with van der Waals surface area (Å²) in [6.07, 6.45) is 11.8. The van der Waals surface area contributed by atoms with Crippen LogP contribution in [0.1, 0.15) is 105 Å². The van der Waals surface area contributed by atoms with Gasteiger partial charge in [-0.2, -0.15) is 0 Å². The van der Waals surface area contributed by atoms with Gasteiger partial charge >= 0.3 is 5.97 Å². The highest BCUT2D eigenvalue weighted by Gasteiger charge is 2.69. The number of ether oxygens (including phenoxy) is 1. The average Bonchev–Trinajstić information content (AvgIpc) is 2.92. The number of Topliss-reactive ketones (excluding diaryl/α,β-unsaturated/α-hetero) is 1. The molecule has 4 fully saturated rings. The van der Waals surface area contributed by atoms with Gasteiger partial charge in [-0.1, -0.05) is 106 Å². The van der Waals surface area contributed by atoms with Crippen LogP contribution in [0.5, 0.6) is 0 Å². The van der Waals surface area contributed by atoms with Crippen LogP contribution in [0.2, 0.25) is 0 Å². The van der Waals surface area contributed by atoms with E-state index in [1.54, 1.807) is 5.57 Å². The van der Waals surface area contributed by atoms with Crippen LogP contribution in [-0.4, -0.2) is 15.7 Å². The van der Waals surface area contributed by atoms with E-state index in [0.29, 0.717) is 34.1 Å². The minimum Gasteiger partial charge on any atom is -0.460 e. The van der Waals surface area contributed by atoms with E-state index in [2.05, 4.69) is 70.2 Å². The number of benzene rings is 1. The molecule has 0 heterocycles. The van der Waals surface area contributed by atoms with Gasteiger partial charge in [-0.25, -0.2) is 0 Å². The molecule has 0 aliphatic heterocycles. The van der Waals surface area contributed by atoms with Gasteiger partial charge in [0.1, 0.15) is 12.4 Å². The van der Waals surface area contributed by atoms with E-state index in [1.165, 1.54) is 6.42 Å². The zero-order valence-corrected chi connectivity index (χ0v) is 27.7. The smallest absolute Gasteiger partial charge is 0.313 e. The Labute approximate surface area is 255 Å². The lowest BCUT2D eigenvalue weighted by Gasteiger charge is -2.70. The van der Waals surface area contributed by atoms with Gasteiger partial charge in [-0.15, -0.1) is 0 Å². The Kier molecular flexibility index (Phi) is 7.00. The molecule has 3 nitrogen and oxygen atoms in total. The molecule has 4 heteroatoms. The standard InChI is InChI=1S/C36H49IO3/c1-23-14-19-36(31(39)40-22-24-10-8-7-9-11-24)21-20-34(5)25(29(36)30(23)37)12-13-27-33(4)17-16-28(38)32(2,3)26(33)15-18-35(27,34)6/h7-12,23,26-27,29-30H,13-22H2,1-6H3/t23-,26+,27-,29?,30?,33+,34-,35-,36?/m1/s1. The highest BCUT2D eigenvalue weighted by molar-refractivity contribution is 14.1. The number of hydrogen-bond acceptors (Lipinski definition) is 3. The van der Waals surface area contributed by atoms with E-state index in [-0.39, 0.29) is 33.5 Å². The Morgan fingerprint density at radius 3 is 2.40 bits per heavy atom. The van der Waals surface area contributed by atoms with Gasteiger partial charge in [0, 0.05) is 21.7 Å². The van der Waals surface area contributed by atoms with Gasteiger partial charge in [-0.3, -0.25) is 9.59 Å². The molecule has 0 aromatic heterocycles. The molecule has 0 spiro atoms. The van der Waals surface area contributed by atoms with E-state index >= 15 is 0 Å². The minimum absolute atomic E-state index is 0.0355. The first-order chi connectivity index (χ1) is 18.8. The lowest BCUT2D eigenvalue weighted by Crippen LogP contribution is -2.65. The van der Waals surface area contributed by atoms with Crippen LogP contribution in [0.3, 0.4) is 0 Å². The molecule has 9 atom stereocenters. The third-order valence-corrected chi connectivity index (χ3v) is 15.7. The van der Waals surface area contributed by atoms with Crippen molar-refractivity contribution < 1.29 is 14.3 Å². The van der Waals surface area contributed by atoms with Gasteiger partial charge in [0.2, 0.25) is 0 Å². The Bertz CT molecular complexity index is 1220. The topological polar surface area (TPSA) is 43.4 Å².